The molecule has 0 aliphatic heterocycles. The van der Waals surface area contributed by atoms with Crippen LogP contribution < -0.4 is 0 Å². The first kappa shape index (κ1) is 16.0. The number of hydrogen-bond donors (Lipinski definition) is 0. The topological polar surface area (TPSA) is 28.2 Å². The summed E-state index contributed by atoms with van der Waals surface area (Å²) in [6.45, 7) is 14.4. The average molecular weight is 221 g/mol. The SMILES string of the molecule is CC(C)(C)[N-]CC[N-]C(C)(C)C.[V+2]. The summed E-state index contributed by atoms with van der Waals surface area (Å²) in [5.41, 5.74) is 0.181. The zero-order valence-corrected chi connectivity index (χ0v) is 11.2. The van der Waals surface area contributed by atoms with Crippen molar-refractivity contribution >= 4 is 0 Å². The third-order valence-electron chi connectivity index (χ3n) is 1.27. The quantitative estimate of drug-likeness (QED) is 0.654. The van der Waals surface area contributed by atoms with Gasteiger partial charge in [0, 0.05) is 0 Å². The predicted molar refractivity (Wildman–Crippen MR) is 56.0 cm³/mol. The fourth-order valence-corrected chi connectivity index (χ4v) is 0.771. The molecule has 0 saturated heterocycles. The van der Waals surface area contributed by atoms with Crippen LogP contribution in [0.2, 0.25) is 0 Å². The van der Waals surface area contributed by atoms with Crippen LogP contribution in [0.1, 0.15) is 41.5 Å². The first-order chi connectivity index (χ1) is 5.21. The van der Waals surface area contributed by atoms with E-state index in [2.05, 4.69) is 52.2 Å². The molecule has 0 aromatic rings. The van der Waals surface area contributed by atoms with Crippen molar-refractivity contribution in [1.29, 1.82) is 0 Å². The van der Waals surface area contributed by atoms with Crippen LogP contribution in [0.5, 0.6) is 0 Å². The summed E-state index contributed by atoms with van der Waals surface area (Å²) < 4.78 is 0. The van der Waals surface area contributed by atoms with Gasteiger partial charge in [-0.05, 0) is 0 Å². The molecule has 0 atom stereocenters. The van der Waals surface area contributed by atoms with E-state index in [4.69, 9.17) is 0 Å². The molecule has 0 aliphatic rings. The molecule has 2 nitrogen and oxygen atoms in total. The van der Waals surface area contributed by atoms with Crippen LogP contribution in [-0.2, 0) is 18.6 Å². The smallest absolute Gasteiger partial charge is 0.659 e. The van der Waals surface area contributed by atoms with Crippen LogP contribution in [0.3, 0.4) is 0 Å². The summed E-state index contributed by atoms with van der Waals surface area (Å²) >= 11 is 0. The zero-order chi connectivity index (χ0) is 9.83. The summed E-state index contributed by atoms with van der Waals surface area (Å²) in [5, 5.41) is 8.93. The van der Waals surface area contributed by atoms with Gasteiger partial charge in [0.25, 0.3) is 0 Å². The maximum Gasteiger partial charge on any atom is 2.00 e. The normalized spacial score (nSPS) is 12.5. The van der Waals surface area contributed by atoms with Crippen molar-refractivity contribution in [3.05, 3.63) is 10.6 Å². The zero-order valence-electron chi connectivity index (χ0n) is 9.76. The van der Waals surface area contributed by atoms with Crippen molar-refractivity contribution in [1.82, 2.24) is 0 Å². The summed E-state index contributed by atoms with van der Waals surface area (Å²) in [6.07, 6.45) is 0. The molecule has 0 aromatic heterocycles. The van der Waals surface area contributed by atoms with Gasteiger partial charge in [0.15, 0.2) is 0 Å². The second kappa shape index (κ2) is 6.08. The molecule has 77 valence electrons. The van der Waals surface area contributed by atoms with Gasteiger partial charge in [0.1, 0.15) is 0 Å². The standard InChI is InChI=1S/C10H22N2.V/c1-9(2,3)11-7-8-12-10(4,5)6;/h7-8H2,1-6H3;/q-2;+2. The van der Waals surface area contributed by atoms with Crippen LogP contribution in [0, 0.1) is 0 Å². The third kappa shape index (κ3) is 15.3. The molecule has 0 amide bonds. The van der Waals surface area contributed by atoms with Gasteiger partial charge in [-0.3, -0.25) is 0 Å². The summed E-state index contributed by atoms with van der Waals surface area (Å²) in [6, 6.07) is 0. The minimum Gasteiger partial charge on any atom is -0.659 e. The monoisotopic (exact) mass is 221 g/mol. The van der Waals surface area contributed by atoms with Crippen molar-refractivity contribution in [2.75, 3.05) is 13.1 Å². The second-order valence-electron chi connectivity index (χ2n) is 5.11. The minimum atomic E-state index is 0. The van der Waals surface area contributed by atoms with Gasteiger partial charge in [0.2, 0.25) is 0 Å². The third-order valence-corrected chi connectivity index (χ3v) is 1.27. The molecular formula is C10H22N2V. The van der Waals surface area contributed by atoms with Gasteiger partial charge in [-0.25, -0.2) is 0 Å². The molecule has 3 heteroatoms. The van der Waals surface area contributed by atoms with Crippen LogP contribution in [-0.4, -0.2) is 24.2 Å². The Morgan fingerprint density at radius 1 is 0.692 bits per heavy atom. The Morgan fingerprint density at radius 2 is 0.923 bits per heavy atom. The predicted octanol–water partition coefficient (Wildman–Crippen LogP) is 3.33. The Balaban J connectivity index is 0. The van der Waals surface area contributed by atoms with Gasteiger partial charge < -0.3 is 10.6 Å². The van der Waals surface area contributed by atoms with Crippen molar-refractivity contribution in [3.8, 4) is 0 Å². The van der Waals surface area contributed by atoms with Crippen molar-refractivity contribution in [3.63, 3.8) is 0 Å². The molecule has 0 spiro atoms. The fourth-order valence-electron chi connectivity index (χ4n) is 0.771. The van der Waals surface area contributed by atoms with E-state index < -0.39 is 0 Å². The largest absolute Gasteiger partial charge is 2.00 e. The molecule has 0 rings (SSSR count). The van der Waals surface area contributed by atoms with Gasteiger partial charge in [-0.15, -0.1) is 11.1 Å². The second-order valence-corrected chi connectivity index (χ2v) is 5.11. The number of hydrogen-bond acceptors (Lipinski definition) is 0. The van der Waals surface area contributed by atoms with E-state index in [9.17, 15) is 0 Å². The van der Waals surface area contributed by atoms with Gasteiger partial charge >= 0.3 is 18.6 Å². The van der Waals surface area contributed by atoms with Crippen LogP contribution in [0.25, 0.3) is 10.6 Å². The Hall–Kier alpha value is 0.504. The number of nitrogens with zero attached hydrogens (tertiary/aromatic N) is 2. The first-order valence-corrected chi connectivity index (χ1v) is 4.58. The molecule has 0 saturated carbocycles. The average Bonchev–Trinajstić information content (AvgIpc) is 1.76. The van der Waals surface area contributed by atoms with E-state index in [-0.39, 0.29) is 29.6 Å². The maximum atomic E-state index is 4.47. The van der Waals surface area contributed by atoms with Crippen LogP contribution >= 0.6 is 0 Å². The van der Waals surface area contributed by atoms with E-state index in [1.165, 1.54) is 0 Å². The molecule has 0 unspecified atom stereocenters. The summed E-state index contributed by atoms with van der Waals surface area (Å²) in [5.74, 6) is 0. The molecule has 0 aliphatic carbocycles. The Kier molecular flexibility index (Phi) is 7.46. The van der Waals surface area contributed by atoms with Gasteiger partial charge in [-0.1, -0.05) is 41.5 Å². The Bertz CT molecular complexity index is 106. The molecule has 1 radical (unpaired) electrons. The van der Waals surface area contributed by atoms with E-state index in [1.807, 2.05) is 0 Å². The summed E-state index contributed by atoms with van der Waals surface area (Å²) in [7, 11) is 0. The van der Waals surface area contributed by atoms with Crippen LogP contribution in [0.15, 0.2) is 0 Å². The maximum absolute atomic E-state index is 4.47. The summed E-state index contributed by atoms with van der Waals surface area (Å²) in [4.78, 5) is 0. The van der Waals surface area contributed by atoms with Crippen LogP contribution in [0.4, 0.5) is 0 Å². The van der Waals surface area contributed by atoms with E-state index in [0.29, 0.717) is 0 Å². The van der Waals surface area contributed by atoms with Crippen molar-refractivity contribution in [2.45, 2.75) is 52.6 Å². The molecule has 13 heavy (non-hydrogen) atoms. The van der Waals surface area contributed by atoms with E-state index in [1.54, 1.807) is 0 Å². The van der Waals surface area contributed by atoms with Gasteiger partial charge in [0.05, 0.1) is 0 Å². The van der Waals surface area contributed by atoms with Crippen molar-refractivity contribution in [2.24, 2.45) is 0 Å². The Morgan fingerprint density at radius 3 is 1.08 bits per heavy atom. The fraction of sp³-hybridized carbons (Fsp3) is 1.00. The molecule has 0 bridgehead atoms. The molecule has 0 heterocycles. The minimum absolute atomic E-state index is 0. The Labute approximate surface area is 95.1 Å². The first-order valence-electron chi connectivity index (χ1n) is 4.58. The van der Waals surface area contributed by atoms with Crippen molar-refractivity contribution < 1.29 is 18.6 Å². The molecular weight excluding hydrogens is 199 g/mol. The molecule has 0 fully saturated rings. The van der Waals surface area contributed by atoms with E-state index in [0.717, 1.165) is 13.1 Å². The van der Waals surface area contributed by atoms with E-state index >= 15 is 0 Å². The number of rotatable bonds is 3. The molecule has 0 aromatic carbocycles. The van der Waals surface area contributed by atoms with Gasteiger partial charge in [-0.2, -0.15) is 13.1 Å². The molecule has 0 N–H and O–H groups in total.